The Kier molecular flexibility index (Phi) is 5.66. The minimum absolute atomic E-state index is 0.0565. The summed E-state index contributed by atoms with van der Waals surface area (Å²) in [7, 11) is -3.34. The molecule has 0 radical (unpaired) electrons. The van der Waals surface area contributed by atoms with Crippen molar-refractivity contribution in [3.05, 3.63) is 28.2 Å². The maximum absolute atomic E-state index is 12.9. The average molecular weight is 395 g/mol. The standard InChI is InChI=1S/C19H30N4O3S/c24-19-8-7-18(17-5-6-17)20-23(19)15-16-9-13-22(14-10-16)27(25,26)21-11-3-1-2-4-12-21/h7-8,16-17H,1-6,9-15H2. The Labute approximate surface area is 161 Å². The third-order valence-corrected chi connectivity index (χ3v) is 8.14. The second kappa shape index (κ2) is 8.01. The Bertz CT molecular complexity index is 802. The second-order valence-corrected chi connectivity index (χ2v) is 10.1. The fourth-order valence-corrected chi connectivity index (χ4v) is 5.91. The lowest BCUT2D eigenvalue weighted by molar-refractivity contribution is 0.231. The molecule has 7 nitrogen and oxygen atoms in total. The lowest BCUT2D eigenvalue weighted by Crippen LogP contribution is -2.48. The smallest absolute Gasteiger partial charge is 0.268 e. The molecule has 0 atom stereocenters. The predicted molar refractivity (Wildman–Crippen MR) is 104 cm³/mol. The highest BCUT2D eigenvalue weighted by molar-refractivity contribution is 7.86. The molecule has 0 aromatic carbocycles. The molecule has 1 aliphatic carbocycles. The molecule has 150 valence electrons. The van der Waals surface area contributed by atoms with Crippen molar-refractivity contribution in [3.8, 4) is 0 Å². The molecule has 0 bridgehead atoms. The molecule has 2 aliphatic heterocycles. The first-order valence-corrected chi connectivity index (χ1v) is 11.8. The van der Waals surface area contributed by atoms with E-state index < -0.39 is 10.2 Å². The summed E-state index contributed by atoms with van der Waals surface area (Å²) in [6.45, 7) is 2.98. The van der Waals surface area contributed by atoms with Crippen LogP contribution in [0, 0.1) is 5.92 Å². The molecule has 1 aromatic rings. The third-order valence-electron chi connectivity index (χ3n) is 6.11. The van der Waals surface area contributed by atoms with Gasteiger partial charge in [0.1, 0.15) is 0 Å². The van der Waals surface area contributed by atoms with E-state index in [0.29, 0.717) is 44.6 Å². The Hall–Kier alpha value is -1.25. The summed E-state index contributed by atoms with van der Waals surface area (Å²) in [5.74, 6) is 0.831. The molecule has 3 aliphatic rings. The first-order valence-electron chi connectivity index (χ1n) is 10.4. The summed E-state index contributed by atoms with van der Waals surface area (Å²) in [5.41, 5.74) is 0.967. The van der Waals surface area contributed by atoms with Gasteiger partial charge in [0.2, 0.25) is 0 Å². The molecular formula is C19H30N4O3S. The van der Waals surface area contributed by atoms with Crippen molar-refractivity contribution in [2.45, 2.75) is 63.8 Å². The lowest BCUT2D eigenvalue weighted by atomic mass is 9.98. The summed E-state index contributed by atoms with van der Waals surface area (Å²) in [4.78, 5) is 12.1. The first kappa shape index (κ1) is 19.1. The van der Waals surface area contributed by atoms with Crippen LogP contribution >= 0.6 is 0 Å². The van der Waals surface area contributed by atoms with Crippen LogP contribution in [-0.2, 0) is 16.8 Å². The highest BCUT2D eigenvalue weighted by Crippen LogP contribution is 2.38. The highest BCUT2D eigenvalue weighted by atomic mass is 32.2. The molecule has 0 spiro atoms. The van der Waals surface area contributed by atoms with E-state index in [0.717, 1.165) is 57.1 Å². The van der Waals surface area contributed by atoms with Gasteiger partial charge in [0, 0.05) is 44.7 Å². The Morgan fingerprint density at radius 3 is 2.15 bits per heavy atom. The minimum Gasteiger partial charge on any atom is -0.268 e. The van der Waals surface area contributed by atoms with E-state index in [1.807, 2.05) is 6.07 Å². The fourth-order valence-electron chi connectivity index (χ4n) is 4.20. The van der Waals surface area contributed by atoms with Crippen LogP contribution in [-0.4, -0.2) is 53.0 Å². The van der Waals surface area contributed by atoms with Gasteiger partial charge in [-0.05, 0) is 50.5 Å². The van der Waals surface area contributed by atoms with Crippen molar-refractivity contribution in [1.29, 1.82) is 0 Å². The maximum atomic E-state index is 12.9. The van der Waals surface area contributed by atoms with Crippen LogP contribution in [0.1, 0.15) is 63.0 Å². The van der Waals surface area contributed by atoms with E-state index >= 15 is 0 Å². The molecule has 1 aromatic heterocycles. The largest absolute Gasteiger partial charge is 0.281 e. The van der Waals surface area contributed by atoms with Crippen molar-refractivity contribution in [2.24, 2.45) is 5.92 Å². The Morgan fingerprint density at radius 2 is 1.52 bits per heavy atom. The van der Waals surface area contributed by atoms with Gasteiger partial charge < -0.3 is 0 Å². The summed E-state index contributed by atoms with van der Waals surface area (Å²) >= 11 is 0. The highest BCUT2D eigenvalue weighted by Gasteiger charge is 2.33. The van der Waals surface area contributed by atoms with Crippen LogP contribution in [0.2, 0.25) is 0 Å². The quantitative estimate of drug-likeness (QED) is 0.765. The van der Waals surface area contributed by atoms with Gasteiger partial charge >= 0.3 is 0 Å². The Morgan fingerprint density at radius 1 is 0.889 bits per heavy atom. The second-order valence-electron chi connectivity index (χ2n) is 8.22. The van der Waals surface area contributed by atoms with Crippen molar-refractivity contribution in [1.82, 2.24) is 18.4 Å². The van der Waals surface area contributed by atoms with Gasteiger partial charge in [-0.3, -0.25) is 4.79 Å². The zero-order chi connectivity index (χ0) is 18.9. The van der Waals surface area contributed by atoms with Crippen molar-refractivity contribution < 1.29 is 8.42 Å². The molecule has 0 N–H and O–H groups in total. The van der Waals surface area contributed by atoms with Crippen LogP contribution < -0.4 is 5.56 Å². The van der Waals surface area contributed by atoms with Crippen molar-refractivity contribution >= 4 is 10.2 Å². The zero-order valence-corrected chi connectivity index (χ0v) is 16.7. The van der Waals surface area contributed by atoms with Crippen LogP contribution in [0.3, 0.4) is 0 Å². The van der Waals surface area contributed by atoms with Crippen molar-refractivity contribution in [3.63, 3.8) is 0 Å². The molecular weight excluding hydrogens is 364 g/mol. The first-order chi connectivity index (χ1) is 13.0. The van der Waals surface area contributed by atoms with Gasteiger partial charge in [0.25, 0.3) is 15.8 Å². The number of nitrogens with zero attached hydrogens (tertiary/aromatic N) is 4. The summed E-state index contributed by atoms with van der Waals surface area (Å²) < 4.78 is 30.8. The van der Waals surface area contributed by atoms with Crippen molar-refractivity contribution in [2.75, 3.05) is 26.2 Å². The van der Waals surface area contributed by atoms with E-state index in [2.05, 4.69) is 5.10 Å². The minimum atomic E-state index is -3.34. The van der Waals surface area contributed by atoms with Crippen LogP contribution in [0.25, 0.3) is 0 Å². The number of hydrogen-bond donors (Lipinski definition) is 0. The summed E-state index contributed by atoms with van der Waals surface area (Å²) in [6.07, 6.45) is 8.06. The molecule has 27 heavy (non-hydrogen) atoms. The van der Waals surface area contributed by atoms with Gasteiger partial charge in [-0.25, -0.2) is 4.68 Å². The summed E-state index contributed by atoms with van der Waals surface area (Å²) in [5, 5.41) is 4.54. The SMILES string of the molecule is O=c1ccc(C2CC2)nn1CC1CCN(S(=O)(=O)N2CCCCCC2)CC1. The maximum Gasteiger partial charge on any atom is 0.281 e. The normalized spacial score (nSPS) is 24.0. The number of hydrogen-bond acceptors (Lipinski definition) is 4. The molecule has 0 amide bonds. The van der Waals surface area contributed by atoms with Crippen LogP contribution in [0.15, 0.2) is 16.9 Å². The van der Waals surface area contributed by atoms with Gasteiger partial charge in [0.05, 0.1) is 5.69 Å². The van der Waals surface area contributed by atoms with Crippen LogP contribution in [0.5, 0.6) is 0 Å². The average Bonchev–Trinajstić information content (AvgIpc) is 3.51. The lowest BCUT2D eigenvalue weighted by Gasteiger charge is -2.34. The van der Waals surface area contributed by atoms with Gasteiger partial charge in [0.15, 0.2) is 0 Å². The van der Waals surface area contributed by atoms with Gasteiger partial charge in [-0.15, -0.1) is 0 Å². The molecule has 3 heterocycles. The molecule has 4 rings (SSSR count). The zero-order valence-electron chi connectivity index (χ0n) is 15.9. The Balaban J connectivity index is 1.36. The molecule has 2 saturated heterocycles. The van der Waals surface area contributed by atoms with E-state index in [9.17, 15) is 13.2 Å². The number of aromatic nitrogens is 2. The van der Waals surface area contributed by atoms with E-state index in [4.69, 9.17) is 0 Å². The predicted octanol–water partition coefficient (Wildman–Crippen LogP) is 1.95. The molecule has 0 unspecified atom stereocenters. The third kappa shape index (κ3) is 4.43. The molecule has 3 fully saturated rings. The van der Waals surface area contributed by atoms with E-state index in [-0.39, 0.29) is 5.56 Å². The van der Waals surface area contributed by atoms with Gasteiger partial charge in [-0.1, -0.05) is 12.8 Å². The molecule has 8 heteroatoms. The number of piperidine rings is 1. The summed E-state index contributed by atoms with van der Waals surface area (Å²) in [6, 6.07) is 3.48. The van der Waals surface area contributed by atoms with E-state index in [1.54, 1.807) is 19.4 Å². The van der Waals surface area contributed by atoms with Crippen LogP contribution in [0.4, 0.5) is 0 Å². The number of rotatable bonds is 5. The van der Waals surface area contributed by atoms with Gasteiger partial charge in [-0.2, -0.15) is 22.1 Å². The topological polar surface area (TPSA) is 75.5 Å². The monoisotopic (exact) mass is 394 g/mol. The van der Waals surface area contributed by atoms with E-state index in [1.165, 1.54) is 0 Å². The fraction of sp³-hybridized carbons (Fsp3) is 0.789. The molecule has 1 saturated carbocycles.